The van der Waals surface area contributed by atoms with E-state index in [0.29, 0.717) is 28.1 Å². The Morgan fingerprint density at radius 3 is 2.27 bits per heavy atom. The molecule has 1 aliphatic heterocycles. The molecule has 18 heteroatoms. The number of aromatic nitrogens is 5. The Kier molecular flexibility index (Phi) is 8.68. The SMILES string of the molecule is COc1ccc(O)c([C@H]2C3=CCn4c(=O)n(CCc5nc6cc(OC)c(OC)cc6n(C)c5=O)c(=O)n4[C@@H]3C[C@@]3(Cl)C(=O)C(Cl)=C(Cl)C(=O)[C@@]23Cl)c1. The summed E-state index contributed by atoms with van der Waals surface area (Å²) < 4.78 is 20.8. The summed E-state index contributed by atoms with van der Waals surface area (Å²) >= 11 is 27.0. The van der Waals surface area contributed by atoms with Crippen LogP contribution in [0.4, 0.5) is 0 Å². The fraction of sp³-hybridized carbons (Fsp3) is 0.353. The van der Waals surface area contributed by atoms with Gasteiger partial charge < -0.3 is 23.9 Å². The van der Waals surface area contributed by atoms with Gasteiger partial charge in [-0.3, -0.25) is 14.4 Å². The van der Waals surface area contributed by atoms with E-state index in [9.17, 15) is 29.1 Å². The molecule has 2 aromatic carbocycles. The maximum atomic E-state index is 14.2. The van der Waals surface area contributed by atoms with Crippen molar-refractivity contribution in [3.05, 3.63) is 94.6 Å². The fourth-order valence-electron chi connectivity index (χ4n) is 7.54. The van der Waals surface area contributed by atoms with E-state index >= 15 is 0 Å². The van der Waals surface area contributed by atoms with Gasteiger partial charge in [-0.25, -0.2) is 28.5 Å². The number of hydrogen-bond donors (Lipinski definition) is 1. The van der Waals surface area contributed by atoms with Crippen molar-refractivity contribution >= 4 is 69.0 Å². The second kappa shape index (κ2) is 12.6. The zero-order valence-corrected chi connectivity index (χ0v) is 30.9. The van der Waals surface area contributed by atoms with Crippen LogP contribution in [0.2, 0.25) is 0 Å². The molecule has 0 spiro atoms. The highest BCUT2D eigenvalue weighted by molar-refractivity contribution is 6.66. The molecule has 3 heterocycles. The summed E-state index contributed by atoms with van der Waals surface area (Å²) in [6, 6.07) is 6.37. The molecule has 2 aliphatic carbocycles. The van der Waals surface area contributed by atoms with Crippen molar-refractivity contribution < 1.29 is 28.9 Å². The molecule has 0 amide bonds. The molecule has 7 rings (SSSR count). The van der Waals surface area contributed by atoms with Gasteiger partial charge in [0.05, 0.1) is 44.9 Å². The first-order chi connectivity index (χ1) is 24.6. The number of carbonyl (C=O) groups is 2. The number of nitrogens with zero attached hydrogens (tertiary/aromatic N) is 5. The first-order valence-corrected chi connectivity index (χ1v) is 17.3. The van der Waals surface area contributed by atoms with E-state index in [1.54, 1.807) is 25.3 Å². The number of carbonyl (C=O) groups excluding carboxylic acids is 2. The Morgan fingerprint density at radius 1 is 0.923 bits per heavy atom. The minimum Gasteiger partial charge on any atom is -0.508 e. The monoisotopic (exact) mass is 791 g/mol. The molecule has 0 radical (unpaired) electrons. The van der Waals surface area contributed by atoms with Crippen LogP contribution in [0.25, 0.3) is 11.0 Å². The van der Waals surface area contributed by atoms with Crippen LogP contribution >= 0.6 is 46.4 Å². The topological polar surface area (TPSA) is 166 Å². The number of benzene rings is 2. The van der Waals surface area contributed by atoms with Crippen molar-refractivity contribution in [2.45, 2.75) is 47.6 Å². The Bertz CT molecular complexity index is 2500. The lowest BCUT2D eigenvalue weighted by Crippen LogP contribution is -2.67. The van der Waals surface area contributed by atoms with Crippen molar-refractivity contribution in [2.24, 2.45) is 7.05 Å². The number of hydrogen-bond acceptors (Lipinski definition) is 10. The molecule has 272 valence electrons. The van der Waals surface area contributed by atoms with Crippen LogP contribution in [0, 0.1) is 0 Å². The van der Waals surface area contributed by atoms with Gasteiger partial charge in [0.25, 0.3) is 5.56 Å². The molecule has 1 fully saturated rings. The minimum absolute atomic E-state index is 0.0646. The number of ketones is 2. The molecule has 0 bridgehead atoms. The molecule has 1 N–H and O–H groups in total. The smallest absolute Gasteiger partial charge is 0.347 e. The van der Waals surface area contributed by atoms with Crippen LogP contribution in [-0.2, 0) is 36.1 Å². The van der Waals surface area contributed by atoms with E-state index in [1.807, 2.05) is 0 Å². The molecule has 0 saturated heterocycles. The third-order valence-electron chi connectivity index (χ3n) is 10.1. The minimum atomic E-state index is -2.32. The van der Waals surface area contributed by atoms with Gasteiger partial charge in [-0.2, -0.15) is 0 Å². The number of allylic oxidation sites excluding steroid dienone is 4. The standard InChI is InChI=1S/C34H29Cl4N5O9/c1-40-20-13-24(52-4)23(51-3)12-19(20)39-18(30(40)47)8-9-41-31(48)42-10-7-16-21(43(42)32(41)49)14-33(37)28(45)26(35)27(36)29(46)34(33,38)25(16)17-11-15(50-2)5-6-22(17)44/h5-7,11-13,21,25,44H,8-10,14H2,1-4H3/t21-,25-,33-,34+/m1/s1. The predicted molar refractivity (Wildman–Crippen MR) is 192 cm³/mol. The van der Waals surface area contributed by atoms with E-state index in [0.717, 1.165) is 9.25 Å². The molecule has 4 atom stereocenters. The zero-order chi connectivity index (χ0) is 37.6. The molecule has 0 unspecified atom stereocenters. The van der Waals surface area contributed by atoms with E-state index in [2.05, 4.69) is 4.98 Å². The quantitative estimate of drug-likeness (QED) is 0.216. The van der Waals surface area contributed by atoms with Crippen molar-refractivity contribution in [1.29, 1.82) is 0 Å². The van der Waals surface area contributed by atoms with E-state index in [4.69, 9.17) is 60.6 Å². The summed E-state index contributed by atoms with van der Waals surface area (Å²) in [6.45, 7) is -0.388. The first kappa shape index (κ1) is 35.9. The largest absolute Gasteiger partial charge is 0.508 e. The average molecular weight is 793 g/mol. The second-order valence-corrected chi connectivity index (χ2v) is 14.6. The number of alkyl halides is 2. The molecule has 1 saturated carbocycles. The van der Waals surface area contributed by atoms with E-state index < -0.39 is 66.7 Å². The molecule has 52 heavy (non-hydrogen) atoms. The summed E-state index contributed by atoms with van der Waals surface area (Å²) in [5.74, 6) is -2.48. The van der Waals surface area contributed by atoms with Gasteiger partial charge in [0.1, 0.15) is 37.0 Å². The lowest BCUT2D eigenvalue weighted by Gasteiger charge is -2.54. The zero-order valence-electron chi connectivity index (χ0n) is 27.9. The lowest BCUT2D eigenvalue weighted by atomic mass is 9.59. The van der Waals surface area contributed by atoms with Gasteiger partial charge in [-0.05, 0) is 23.8 Å². The molecular weight excluding hydrogens is 764 g/mol. The maximum Gasteiger partial charge on any atom is 0.347 e. The third-order valence-corrected chi connectivity index (χ3v) is 12.4. The summed E-state index contributed by atoms with van der Waals surface area (Å²) in [5, 5.41) is 9.90. The van der Waals surface area contributed by atoms with Crippen LogP contribution in [0.3, 0.4) is 0 Å². The molecule has 14 nitrogen and oxygen atoms in total. The van der Waals surface area contributed by atoms with E-state index in [1.165, 1.54) is 48.8 Å². The Hall–Kier alpha value is -4.50. The number of aryl methyl sites for hydroxylation is 2. The summed E-state index contributed by atoms with van der Waals surface area (Å²) in [6.07, 6.45) is 1.06. The van der Waals surface area contributed by atoms with Crippen molar-refractivity contribution in [2.75, 3.05) is 21.3 Å². The number of phenolic OH excluding ortho intramolecular Hbond substituents is 1. The third kappa shape index (κ3) is 4.84. The Morgan fingerprint density at radius 2 is 1.60 bits per heavy atom. The molecular formula is C34H29Cl4N5O9. The van der Waals surface area contributed by atoms with Crippen LogP contribution in [0.1, 0.15) is 29.6 Å². The molecule has 3 aliphatic rings. The predicted octanol–water partition coefficient (Wildman–Crippen LogP) is 3.50. The number of halogens is 4. The molecule has 4 aromatic rings. The van der Waals surface area contributed by atoms with Gasteiger partial charge in [-0.1, -0.05) is 29.3 Å². The van der Waals surface area contributed by atoms with Gasteiger partial charge in [0.2, 0.25) is 0 Å². The highest BCUT2D eigenvalue weighted by Crippen LogP contribution is 2.64. The van der Waals surface area contributed by atoms with Crippen LogP contribution < -0.4 is 31.1 Å². The highest BCUT2D eigenvalue weighted by atomic mass is 35.5. The number of methoxy groups -OCH3 is 3. The van der Waals surface area contributed by atoms with Crippen LogP contribution in [-0.4, -0.2) is 71.2 Å². The van der Waals surface area contributed by atoms with Crippen molar-refractivity contribution in [3.8, 4) is 23.0 Å². The summed E-state index contributed by atoms with van der Waals surface area (Å²) in [7, 11) is 5.91. The van der Waals surface area contributed by atoms with Gasteiger partial charge in [-0.15, -0.1) is 23.2 Å². The highest BCUT2D eigenvalue weighted by Gasteiger charge is 2.71. The lowest BCUT2D eigenvalue weighted by molar-refractivity contribution is -0.128. The number of aromatic hydroxyl groups is 1. The molecule has 2 aromatic heterocycles. The Balaban J connectivity index is 1.35. The fourth-order valence-corrected chi connectivity index (χ4v) is 9.05. The van der Waals surface area contributed by atoms with Gasteiger partial charge in [0.15, 0.2) is 23.1 Å². The second-order valence-electron chi connectivity index (χ2n) is 12.6. The number of phenols is 1. The number of fused-ring (bicyclic) bond motifs is 5. The normalized spacial score (nSPS) is 24.0. The van der Waals surface area contributed by atoms with Crippen molar-refractivity contribution in [3.63, 3.8) is 0 Å². The van der Waals surface area contributed by atoms with Gasteiger partial charge >= 0.3 is 11.4 Å². The average Bonchev–Trinajstić information content (AvgIpc) is 3.39. The van der Waals surface area contributed by atoms with Gasteiger partial charge in [0, 0.05) is 50.0 Å². The van der Waals surface area contributed by atoms with Crippen LogP contribution in [0.15, 0.2) is 66.4 Å². The summed E-state index contributed by atoms with van der Waals surface area (Å²) in [5.41, 5.74) is -0.549. The van der Waals surface area contributed by atoms with Crippen molar-refractivity contribution in [1.82, 2.24) is 23.5 Å². The number of Topliss-reactive ketones (excluding diaryl/α,β-unsaturated/α-hetero) is 2. The Labute approximate surface area is 313 Å². The summed E-state index contributed by atoms with van der Waals surface area (Å²) in [4.78, 5) is 69.2. The first-order valence-electron chi connectivity index (χ1n) is 15.8. The number of ether oxygens (including phenoxy) is 3. The maximum absolute atomic E-state index is 14.2. The van der Waals surface area contributed by atoms with E-state index in [-0.39, 0.29) is 42.3 Å². The number of rotatable bonds is 7. The van der Waals surface area contributed by atoms with Crippen LogP contribution in [0.5, 0.6) is 23.0 Å².